The molecule has 0 aliphatic rings. The van der Waals surface area contributed by atoms with Gasteiger partial charge in [0.2, 0.25) is 0 Å². The summed E-state index contributed by atoms with van der Waals surface area (Å²) in [6.45, 7) is 0. The Morgan fingerprint density at radius 3 is 2.30 bits per heavy atom. The molecule has 0 aliphatic heterocycles. The Morgan fingerprint density at radius 1 is 1.50 bits per heavy atom. The van der Waals surface area contributed by atoms with Gasteiger partial charge in [0.1, 0.15) is 4.90 Å². The van der Waals surface area contributed by atoms with Gasteiger partial charge in [-0.05, 0) is 15.9 Å². The number of hydrogen-bond acceptors (Lipinski definition) is 2. The highest BCUT2D eigenvalue weighted by Crippen LogP contribution is 2.23. The van der Waals surface area contributed by atoms with Crippen LogP contribution in [-0.2, 0) is 9.05 Å². The molecule has 0 radical (unpaired) electrons. The predicted molar refractivity (Wildman–Crippen MR) is 41.5 cm³/mol. The van der Waals surface area contributed by atoms with Crippen molar-refractivity contribution in [3.63, 3.8) is 0 Å². The Kier molecular flexibility index (Phi) is 2.07. The normalized spacial score (nSPS) is 11.8. The minimum absolute atomic E-state index is 0.0640. The second-order valence-corrected chi connectivity index (χ2v) is 4.99. The smallest absolute Gasteiger partial charge is 0.263 e. The van der Waals surface area contributed by atoms with Crippen LogP contribution >= 0.6 is 26.6 Å². The van der Waals surface area contributed by atoms with E-state index in [2.05, 4.69) is 20.9 Å². The lowest BCUT2D eigenvalue weighted by molar-refractivity contribution is 0.609. The number of halogens is 2. The summed E-state index contributed by atoms with van der Waals surface area (Å²) in [5.41, 5.74) is 0. The molecule has 0 bridgehead atoms. The van der Waals surface area contributed by atoms with Crippen molar-refractivity contribution in [2.45, 2.75) is 4.90 Å². The topological polar surface area (TPSA) is 49.9 Å². The van der Waals surface area contributed by atoms with Gasteiger partial charge in [0.25, 0.3) is 9.05 Å². The molecule has 0 unspecified atom stereocenters. The molecule has 0 atom stereocenters. The monoisotopic (exact) mass is 243 g/mol. The first kappa shape index (κ1) is 8.10. The molecule has 56 valence electrons. The molecule has 1 N–H and O–H groups in total. The average Bonchev–Trinajstić information content (AvgIpc) is 2.11. The van der Waals surface area contributed by atoms with Gasteiger partial charge in [-0.15, -0.1) is 0 Å². The second-order valence-electron chi connectivity index (χ2n) is 1.61. The van der Waals surface area contributed by atoms with Gasteiger partial charge in [-0.2, -0.15) is 0 Å². The van der Waals surface area contributed by atoms with Gasteiger partial charge >= 0.3 is 0 Å². The van der Waals surface area contributed by atoms with Gasteiger partial charge in [0.05, 0.1) is 4.47 Å². The number of hydrogen-bond donors (Lipinski definition) is 1. The van der Waals surface area contributed by atoms with Crippen molar-refractivity contribution in [1.82, 2.24) is 4.98 Å². The fourth-order valence-electron chi connectivity index (χ4n) is 0.517. The number of aromatic amines is 1. The summed E-state index contributed by atoms with van der Waals surface area (Å²) in [7, 11) is 1.43. The summed E-state index contributed by atoms with van der Waals surface area (Å²) in [5.74, 6) is 0. The zero-order valence-electron chi connectivity index (χ0n) is 4.64. The fraction of sp³-hybridized carbons (Fsp3) is 0. The molecule has 1 aromatic heterocycles. The predicted octanol–water partition coefficient (Wildman–Crippen LogP) is 1.70. The largest absolute Gasteiger partial charge is 0.365 e. The Labute approximate surface area is 70.9 Å². The van der Waals surface area contributed by atoms with Gasteiger partial charge in [-0.1, -0.05) is 0 Å². The molecule has 1 rings (SSSR count). The van der Waals surface area contributed by atoms with Crippen LogP contribution in [0.4, 0.5) is 0 Å². The zero-order chi connectivity index (χ0) is 7.78. The van der Waals surface area contributed by atoms with Crippen LogP contribution in [-0.4, -0.2) is 13.4 Å². The lowest BCUT2D eigenvalue weighted by atomic mass is 10.7. The highest BCUT2D eigenvalue weighted by molar-refractivity contribution is 9.10. The van der Waals surface area contributed by atoms with Crippen molar-refractivity contribution in [1.29, 1.82) is 0 Å². The van der Waals surface area contributed by atoms with Crippen LogP contribution in [0.1, 0.15) is 0 Å². The molecule has 0 amide bonds. The van der Waals surface area contributed by atoms with Gasteiger partial charge < -0.3 is 4.98 Å². The van der Waals surface area contributed by atoms with Crippen LogP contribution in [0.3, 0.4) is 0 Å². The van der Waals surface area contributed by atoms with E-state index in [9.17, 15) is 8.42 Å². The summed E-state index contributed by atoms with van der Waals surface area (Å²) >= 11 is 3.01. The third-order valence-corrected chi connectivity index (χ3v) is 3.20. The molecule has 0 aromatic carbocycles. The highest BCUT2D eigenvalue weighted by atomic mass is 79.9. The molecular formula is C4H3BrClNO2S. The van der Waals surface area contributed by atoms with Crippen LogP contribution in [0.5, 0.6) is 0 Å². The van der Waals surface area contributed by atoms with E-state index in [1.54, 1.807) is 0 Å². The second kappa shape index (κ2) is 2.56. The third-order valence-electron chi connectivity index (χ3n) is 0.923. The molecule has 0 fully saturated rings. The van der Waals surface area contributed by atoms with Crippen molar-refractivity contribution in [2.75, 3.05) is 0 Å². The van der Waals surface area contributed by atoms with Crippen LogP contribution in [0.15, 0.2) is 21.8 Å². The summed E-state index contributed by atoms with van der Waals surface area (Å²) in [6, 6.07) is 0. The van der Waals surface area contributed by atoms with Crippen LogP contribution < -0.4 is 0 Å². The Morgan fingerprint density at radius 2 is 2.10 bits per heavy atom. The molecule has 0 spiro atoms. The molecule has 1 aromatic rings. The van der Waals surface area contributed by atoms with Crippen molar-refractivity contribution in [2.24, 2.45) is 0 Å². The van der Waals surface area contributed by atoms with E-state index in [0.29, 0.717) is 4.47 Å². The summed E-state index contributed by atoms with van der Waals surface area (Å²) in [5, 5.41) is 0. The van der Waals surface area contributed by atoms with Crippen LogP contribution in [0.25, 0.3) is 0 Å². The van der Waals surface area contributed by atoms with E-state index in [4.69, 9.17) is 10.7 Å². The molecular weight excluding hydrogens is 241 g/mol. The summed E-state index contributed by atoms with van der Waals surface area (Å²) in [6.07, 6.45) is 2.81. The molecule has 1 heterocycles. The van der Waals surface area contributed by atoms with E-state index in [-0.39, 0.29) is 4.90 Å². The molecule has 0 saturated carbocycles. The lowest BCUT2D eigenvalue weighted by Crippen LogP contribution is -1.87. The van der Waals surface area contributed by atoms with Gasteiger partial charge in [0, 0.05) is 23.1 Å². The summed E-state index contributed by atoms with van der Waals surface area (Å²) < 4.78 is 21.7. The fourth-order valence-corrected chi connectivity index (χ4v) is 2.57. The van der Waals surface area contributed by atoms with E-state index < -0.39 is 9.05 Å². The number of aromatic nitrogens is 1. The van der Waals surface area contributed by atoms with Crippen molar-refractivity contribution < 1.29 is 8.42 Å². The maximum atomic E-state index is 10.6. The first-order valence-electron chi connectivity index (χ1n) is 2.29. The quantitative estimate of drug-likeness (QED) is 0.765. The van der Waals surface area contributed by atoms with Crippen molar-refractivity contribution in [3.8, 4) is 0 Å². The molecule has 10 heavy (non-hydrogen) atoms. The zero-order valence-corrected chi connectivity index (χ0v) is 7.79. The first-order chi connectivity index (χ1) is 4.52. The Bertz CT molecular complexity index is 331. The Hall–Kier alpha value is -0.000000000000000111. The molecule has 0 saturated heterocycles. The minimum Gasteiger partial charge on any atom is -0.365 e. The SMILES string of the molecule is O=S(=O)(Cl)c1c[nH]cc1Br. The van der Waals surface area contributed by atoms with E-state index in [1.807, 2.05) is 0 Å². The van der Waals surface area contributed by atoms with E-state index in [1.165, 1.54) is 12.4 Å². The Balaban J connectivity index is 3.32. The number of rotatable bonds is 1. The van der Waals surface area contributed by atoms with Gasteiger partial charge in [-0.3, -0.25) is 0 Å². The molecule has 3 nitrogen and oxygen atoms in total. The van der Waals surface area contributed by atoms with Crippen molar-refractivity contribution >= 4 is 35.7 Å². The maximum absolute atomic E-state index is 10.6. The standard InChI is InChI=1S/C4H3BrClNO2S/c5-3-1-7-2-4(3)10(6,8)9/h1-2,7H. The highest BCUT2D eigenvalue weighted by Gasteiger charge is 2.13. The van der Waals surface area contributed by atoms with Gasteiger partial charge in [0.15, 0.2) is 0 Å². The van der Waals surface area contributed by atoms with E-state index >= 15 is 0 Å². The maximum Gasteiger partial charge on any atom is 0.263 e. The molecule has 0 aliphatic carbocycles. The lowest BCUT2D eigenvalue weighted by Gasteiger charge is -1.87. The first-order valence-corrected chi connectivity index (χ1v) is 5.39. The number of nitrogens with one attached hydrogen (secondary N) is 1. The molecule has 6 heteroatoms. The average molecular weight is 244 g/mol. The number of H-pyrrole nitrogens is 1. The van der Waals surface area contributed by atoms with Crippen LogP contribution in [0.2, 0.25) is 0 Å². The van der Waals surface area contributed by atoms with Gasteiger partial charge in [-0.25, -0.2) is 8.42 Å². The minimum atomic E-state index is -3.60. The third kappa shape index (κ3) is 1.53. The van der Waals surface area contributed by atoms with Crippen molar-refractivity contribution in [3.05, 3.63) is 16.9 Å². The van der Waals surface area contributed by atoms with E-state index in [0.717, 1.165) is 0 Å². The van der Waals surface area contributed by atoms with Crippen LogP contribution in [0, 0.1) is 0 Å². The summed E-state index contributed by atoms with van der Waals surface area (Å²) in [4.78, 5) is 2.66.